The van der Waals surface area contributed by atoms with Crippen molar-refractivity contribution in [2.45, 2.75) is 25.8 Å². The molecule has 0 bridgehead atoms. The van der Waals surface area contributed by atoms with Gasteiger partial charge >= 0.3 is 0 Å². The van der Waals surface area contributed by atoms with E-state index in [1.54, 1.807) is 0 Å². The van der Waals surface area contributed by atoms with Crippen LogP contribution in [0.2, 0.25) is 0 Å². The maximum absolute atomic E-state index is 13.6. The minimum atomic E-state index is -0.423. The van der Waals surface area contributed by atoms with E-state index < -0.39 is 5.82 Å². The lowest BCUT2D eigenvalue weighted by molar-refractivity contribution is 0.270. The van der Waals surface area contributed by atoms with Crippen molar-refractivity contribution in [2.24, 2.45) is 0 Å². The van der Waals surface area contributed by atoms with Crippen LogP contribution in [-0.4, -0.2) is 47.6 Å². The summed E-state index contributed by atoms with van der Waals surface area (Å²) in [5.74, 6) is -0.0322. The SMILES string of the molecule is CCN1CCCC1CN(C)c1nc(N)ncc1F. The molecule has 2 rings (SSSR count). The molecule has 0 radical (unpaired) electrons. The van der Waals surface area contributed by atoms with Gasteiger partial charge in [-0.3, -0.25) is 4.90 Å². The number of rotatable bonds is 4. The molecule has 0 spiro atoms. The fraction of sp³-hybridized carbons (Fsp3) is 0.667. The lowest BCUT2D eigenvalue weighted by atomic mass is 10.2. The van der Waals surface area contributed by atoms with E-state index in [-0.39, 0.29) is 11.8 Å². The van der Waals surface area contributed by atoms with Crippen LogP contribution in [0.25, 0.3) is 0 Å². The molecule has 1 aliphatic rings. The van der Waals surface area contributed by atoms with Crippen LogP contribution in [0, 0.1) is 5.82 Å². The molecule has 1 aromatic rings. The number of nitrogen functional groups attached to an aromatic ring is 1. The topological polar surface area (TPSA) is 58.3 Å². The molecule has 6 heteroatoms. The first-order chi connectivity index (χ1) is 8.61. The van der Waals surface area contributed by atoms with E-state index in [0.29, 0.717) is 6.04 Å². The third kappa shape index (κ3) is 2.69. The van der Waals surface area contributed by atoms with E-state index in [1.165, 1.54) is 6.42 Å². The van der Waals surface area contributed by atoms with Crippen LogP contribution >= 0.6 is 0 Å². The van der Waals surface area contributed by atoms with Gasteiger partial charge in [-0.1, -0.05) is 6.92 Å². The van der Waals surface area contributed by atoms with Gasteiger partial charge < -0.3 is 10.6 Å². The molecule has 100 valence electrons. The van der Waals surface area contributed by atoms with Crippen molar-refractivity contribution in [3.63, 3.8) is 0 Å². The van der Waals surface area contributed by atoms with Crippen molar-refractivity contribution >= 4 is 11.8 Å². The molecule has 5 nitrogen and oxygen atoms in total. The molecule has 2 heterocycles. The lowest BCUT2D eigenvalue weighted by Crippen LogP contribution is -2.39. The fourth-order valence-corrected chi connectivity index (χ4v) is 2.56. The van der Waals surface area contributed by atoms with Crippen molar-refractivity contribution in [3.05, 3.63) is 12.0 Å². The second-order valence-electron chi connectivity index (χ2n) is 4.70. The van der Waals surface area contributed by atoms with Crippen molar-refractivity contribution in [1.82, 2.24) is 14.9 Å². The van der Waals surface area contributed by atoms with Crippen LogP contribution in [0.3, 0.4) is 0 Å². The number of likely N-dealkylation sites (tertiary alicyclic amines) is 1. The number of likely N-dealkylation sites (N-methyl/N-ethyl adjacent to an activating group) is 2. The molecule has 1 aromatic heterocycles. The first-order valence-electron chi connectivity index (χ1n) is 6.35. The number of hydrogen-bond acceptors (Lipinski definition) is 5. The van der Waals surface area contributed by atoms with Gasteiger partial charge in [0, 0.05) is 19.6 Å². The zero-order valence-corrected chi connectivity index (χ0v) is 10.9. The Balaban J connectivity index is 2.07. The standard InChI is InChI=1S/C12H20FN5/c1-3-18-6-4-5-9(18)8-17(2)11-10(13)7-15-12(14)16-11/h7,9H,3-6,8H2,1-2H3,(H2,14,15,16). The monoisotopic (exact) mass is 253 g/mol. The molecule has 1 atom stereocenters. The molecule has 2 N–H and O–H groups in total. The number of halogens is 1. The Morgan fingerprint density at radius 1 is 1.61 bits per heavy atom. The van der Waals surface area contributed by atoms with Gasteiger partial charge in [0.05, 0.1) is 6.20 Å². The minimum absolute atomic E-state index is 0.108. The van der Waals surface area contributed by atoms with E-state index in [2.05, 4.69) is 21.8 Å². The van der Waals surface area contributed by atoms with Gasteiger partial charge in [-0.2, -0.15) is 4.98 Å². The summed E-state index contributed by atoms with van der Waals surface area (Å²) in [6.45, 7) is 5.08. The lowest BCUT2D eigenvalue weighted by Gasteiger charge is -2.28. The highest BCUT2D eigenvalue weighted by Gasteiger charge is 2.25. The second-order valence-corrected chi connectivity index (χ2v) is 4.70. The van der Waals surface area contributed by atoms with Gasteiger partial charge in [-0.05, 0) is 25.9 Å². The average Bonchev–Trinajstić information content (AvgIpc) is 2.79. The predicted molar refractivity (Wildman–Crippen MR) is 69.9 cm³/mol. The van der Waals surface area contributed by atoms with E-state index >= 15 is 0 Å². The normalized spacial score (nSPS) is 20.3. The predicted octanol–water partition coefficient (Wildman–Crippen LogP) is 1.12. The Bertz CT molecular complexity index is 411. The Kier molecular flexibility index (Phi) is 3.96. The summed E-state index contributed by atoms with van der Waals surface area (Å²) in [4.78, 5) is 11.8. The number of nitrogens with two attached hydrogens (primary N) is 1. The van der Waals surface area contributed by atoms with Crippen molar-refractivity contribution in [1.29, 1.82) is 0 Å². The number of anilines is 2. The summed E-state index contributed by atoms with van der Waals surface area (Å²) >= 11 is 0. The number of aromatic nitrogens is 2. The summed E-state index contributed by atoms with van der Waals surface area (Å²) in [7, 11) is 1.84. The zero-order chi connectivity index (χ0) is 13.1. The van der Waals surface area contributed by atoms with E-state index in [9.17, 15) is 4.39 Å². The second kappa shape index (κ2) is 5.48. The van der Waals surface area contributed by atoms with E-state index in [0.717, 1.165) is 32.3 Å². The fourth-order valence-electron chi connectivity index (χ4n) is 2.56. The minimum Gasteiger partial charge on any atom is -0.368 e. The molecule has 18 heavy (non-hydrogen) atoms. The van der Waals surface area contributed by atoms with Crippen LogP contribution in [0.5, 0.6) is 0 Å². The third-order valence-corrected chi connectivity index (χ3v) is 3.50. The highest BCUT2D eigenvalue weighted by atomic mass is 19.1. The Hall–Kier alpha value is -1.43. The van der Waals surface area contributed by atoms with Crippen LogP contribution in [0.4, 0.5) is 16.2 Å². The van der Waals surface area contributed by atoms with E-state index in [4.69, 9.17) is 5.73 Å². The molecule has 0 aromatic carbocycles. The Morgan fingerprint density at radius 3 is 3.11 bits per heavy atom. The van der Waals surface area contributed by atoms with Crippen LogP contribution in [0.1, 0.15) is 19.8 Å². The molecule has 0 aliphatic carbocycles. The number of nitrogens with zero attached hydrogens (tertiary/aromatic N) is 4. The summed E-state index contributed by atoms with van der Waals surface area (Å²) in [6.07, 6.45) is 3.49. The largest absolute Gasteiger partial charge is 0.368 e. The van der Waals surface area contributed by atoms with Gasteiger partial charge in [0.2, 0.25) is 5.95 Å². The van der Waals surface area contributed by atoms with E-state index in [1.807, 2.05) is 11.9 Å². The molecule has 0 saturated carbocycles. The summed E-state index contributed by atoms with van der Waals surface area (Å²) in [5.41, 5.74) is 5.50. The smallest absolute Gasteiger partial charge is 0.222 e. The van der Waals surface area contributed by atoms with Crippen molar-refractivity contribution < 1.29 is 4.39 Å². The summed E-state index contributed by atoms with van der Waals surface area (Å²) in [6, 6.07) is 0.468. The molecule has 1 saturated heterocycles. The quantitative estimate of drug-likeness (QED) is 0.871. The maximum Gasteiger partial charge on any atom is 0.222 e. The van der Waals surface area contributed by atoms with Crippen LogP contribution < -0.4 is 10.6 Å². The van der Waals surface area contributed by atoms with Gasteiger partial charge in [-0.15, -0.1) is 0 Å². The highest BCUT2D eigenvalue weighted by Crippen LogP contribution is 2.21. The number of hydrogen-bond donors (Lipinski definition) is 1. The first kappa shape index (κ1) is 13.0. The van der Waals surface area contributed by atoms with Gasteiger partial charge in [0.1, 0.15) is 0 Å². The Morgan fingerprint density at radius 2 is 2.39 bits per heavy atom. The van der Waals surface area contributed by atoms with Gasteiger partial charge in [0.25, 0.3) is 0 Å². The summed E-state index contributed by atoms with van der Waals surface area (Å²) in [5, 5.41) is 0. The third-order valence-electron chi connectivity index (χ3n) is 3.50. The summed E-state index contributed by atoms with van der Waals surface area (Å²) < 4.78 is 13.6. The first-order valence-corrected chi connectivity index (χ1v) is 6.35. The Labute approximate surface area is 107 Å². The molecule has 1 fully saturated rings. The molecular weight excluding hydrogens is 233 g/mol. The van der Waals surface area contributed by atoms with Crippen molar-refractivity contribution in [2.75, 3.05) is 37.3 Å². The van der Waals surface area contributed by atoms with Gasteiger partial charge in [0.15, 0.2) is 11.6 Å². The zero-order valence-electron chi connectivity index (χ0n) is 10.9. The van der Waals surface area contributed by atoms with Gasteiger partial charge in [-0.25, -0.2) is 9.37 Å². The maximum atomic E-state index is 13.6. The highest BCUT2D eigenvalue weighted by molar-refractivity contribution is 5.41. The molecule has 1 aliphatic heterocycles. The van der Waals surface area contributed by atoms with Crippen LogP contribution in [-0.2, 0) is 0 Å². The van der Waals surface area contributed by atoms with Crippen molar-refractivity contribution in [3.8, 4) is 0 Å². The molecule has 1 unspecified atom stereocenters. The molecular formula is C12H20FN5. The van der Waals surface area contributed by atoms with Crippen LogP contribution in [0.15, 0.2) is 6.20 Å². The molecule has 0 amide bonds. The average molecular weight is 253 g/mol.